The first-order valence-corrected chi connectivity index (χ1v) is 8.12. The summed E-state index contributed by atoms with van der Waals surface area (Å²) in [6.07, 6.45) is 0. The summed E-state index contributed by atoms with van der Waals surface area (Å²) >= 11 is 0. The maximum absolute atomic E-state index is 6.55. The summed E-state index contributed by atoms with van der Waals surface area (Å²) in [5.41, 5.74) is 18.0. The van der Waals surface area contributed by atoms with Gasteiger partial charge in [0.2, 0.25) is 0 Å². The number of nitrogens with two attached hydrogens (primary N) is 2. The lowest BCUT2D eigenvalue weighted by Crippen LogP contribution is -2.28. The van der Waals surface area contributed by atoms with Gasteiger partial charge in [-0.25, -0.2) is 0 Å². The Morgan fingerprint density at radius 2 is 0.818 bits per heavy atom. The second-order valence-electron chi connectivity index (χ2n) is 6.62. The molecule has 2 heteroatoms. The molecule has 2 atom stereocenters. The first-order valence-electron chi connectivity index (χ1n) is 8.12. The molecule has 2 aromatic rings. The summed E-state index contributed by atoms with van der Waals surface area (Å²) in [5.74, 6) is 0.879. The molecule has 0 saturated carbocycles. The third-order valence-electron chi connectivity index (χ3n) is 4.34. The van der Waals surface area contributed by atoms with Gasteiger partial charge in [0.15, 0.2) is 0 Å². The Hall–Kier alpha value is -1.64. The van der Waals surface area contributed by atoms with Gasteiger partial charge in [-0.15, -0.1) is 0 Å². The normalized spacial score (nSPS) is 14.4. The van der Waals surface area contributed by atoms with Crippen LogP contribution in [0.3, 0.4) is 0 Å². The minimum atomic E-state index is -0.196. The largest absolute Gasteiger partial charge is 0.322 e. The van der Waals surface area contributed by atoms with Gasteiger partial charge in [-0.05, 0) is 34.1 Å². The van der Waals surface area contributed by atoms with Gasteiger partial charge in [-0.3, -0.25) is 0 Å². The predicted molar refractivity (Wildman–Crippen MR) is 94.9 cm³/mol. The third kappa shape index (κ3) is 3.40. The fourth-order valence-electron chi connectivity index (χ4n) is 3.07. The maximum Gasteiger partial charge on any atom is 0.0494 e. The zero-order valence-electron chi connectivity index (χ0n) is 14.1. The number of hydrogen-bond donors (Lipinski definition) is 2. The second-order valence-corrected chi connectivity index (χ2v) is 6.62. The molecular formula is C20H28N2. The van der Waals surface area contributed by atoms with E-state index in [1.165, 1.54) is 11.1 Å². The van der Waals surface area contributed by atoms with Gasteiger partial charge in [0.1, 0.15) is 0 Å². The van der Waals surface area contributed by atoms with Crippen LogP contribution in [0.2, 0.25) is 0 Å². The van der Waals surface area contributed by atoms with Crippen LogP contribution in [0.4, 0.5) is 0 Å². The molecule has 2 aromatic carbocycles. The Morgan fingerprint density at radius 1 is 0.545 bits per heavy atom. The minimum Gasteiger partial charge on any atom is -0.322 e. The zero-order valence-corrected chi connectivity index (χ0v) is 14.1. The molecule has 0 aromatic heterocycles. The van der Waals surface area contributed by atoms with E-state index < -0.39 is 0 Å². The van der Waals surface area contributed by atoms with Crippen LogP contribution in [-0.2, 0) is 0 Å². The molecule has 0 bridgehead atoms. The Kier molecular flexibility index (Phi) is 5.38. The van der Waals surface area contributed by atoms with E-state index in [1.54, 1.807) is 0 Å². The Morgan fingerprint density at radius 3 is 1.09 bits per heavy atom. The van der Waals surface area contributed by atoms with E-state index in [0.29, 0.717) is 11.8 Å². The first-order chi connectivity index (χ1) is 10.4. The van der Waals surface area contributed by atoms with Crippen LogP contribution in [0.25, 0.3) is 0 Å². The van der Waals surface area contributed by atoms with Crippen molar-refractivity contribution in [3.63, 3.8) is 0 Å². The maximum atomic E-state index is 6.55. The van der Waals surface area contributed by atoms with E-state index in [4.69, 9.17) is 11.5 Å². The van der Waals surface area contributed by atoms with E-state index in [2.05, 4.69) is 64.1 Å². The van der Waals surface area contributed by atoms with Crippen molar-refractivity contribution in [2.45, 2.75) is 51.6 Å². The van der Waals surface area contributed by atoms with E-state index in [9.17, 15) is 0 Å². The third-order valence-corrected chi connectivity index (χ3v) is 4.34. The summed E-state index contributed by atoms with van der Waals surface area (Å²) < 4.78 is 0. The molecule has 2 nitrogen and oxygen atoms in total. The molecule has 0 saturated heterocycles. The highest BCUT2D eigenvalue weighted by atomic mass is 14.8. The van der Waals surface area contributed by atoms with Crippen molar-refractivity contribution < 1.29 is 0 Å². The molecule has 22 heavy (non-hydrogen) atoms. The Balaban J connectivity index is 2.40. The highest BCUT2D eigenvalue weighted by molar-refractivity contribution is 5.38. The van der Waals surface area contributed by atoms with Crippen molar-refractivity contribution in [2.24, 2.45) is 11.5 Å². The van der Waals surface area contributed by atoms with Crippen molar-refractivity contribution in [1.82, 2.24) is 0 Å². The molecule has 0 fully saturated rings. The van der Waals surface area contributed by atoms with Crippen molar-refractivity contribution in [2.75, 3.05) is 0 Å². The van der Waals surface area contributed by atoms with Gasteiger partial charge >= 0.3 is 0 Å². The SMILES string of the molecule is CC(C)c1ccccc1C(N)C(N)c1ccccc1C(C)C. The summed E-state index contributed by atoms with van der Waals surface area (Å²) in [6.45, 7) is 8.77. The van der Waals surface area contributed by atoms with Crippen LogP contribution >= 0.6 is 0 Å². The lowest BCUT2D eigenvalue weighted by atomic mass is 9.85. The van der Waals surface area contributed by atoms with E-state index in [1.807, 2.05) is 12.1 Å². The number of benzene rings is 2. The monoisotopic (exact) mass is 296 g/mol. The van der Waals surface area contributed by atoms with Crippen LogP contribution in [0.1, 0.15) is 73.9 Å². The Bertz CT molecular complexity index is 561. The molecule has 118 valence electrons. The molecule has 0 heterocycles. The van der Waals surface area contributed by atoms with Crippen LogP contribution in [0.15, 0.2) is 48.5 Å². The van der Waals surface area contributed by atoms with E-state index >= 15 is 0 Å². The molecule has 0 spiro atoms. The first kappa shape index (κ1) is 16.7. The molecule has 2 rings (SSSR count). The van der Waals surface area contributed by atoms with Gasteiger partial charge in [0.25, 0.3) is 0 Å². The summed E-state index contributed by atoms with van der Waals surface area (Å²) in [7, 11) is 0. The van der Waals surface area contributed by atoms with E-state index in [0.717, 1.165) is 11.1 Å². The minimum absolute atomic E-state index is 0.196. The average molecular weight is 296 g/mol. The van der Waals surface area contributed by atoms with Gasteiger partial charge in [0.05, 0.1) is 0 Å². The molecule has 0 aliphatic rings. The van der Waals surface area contributed by atoms with Crippen LogP contribution < -0.4 is 11.5 Å². The van der Waals surface area contributed by atoms with Gasteiger partial charge in [0, 0.05) is 12.1 Å². The predicted octanol–water partition coefficient (Wildman–Crippen LogP) is 4.63. The topological polar surface area (TPSA) is 52.0 Å². The quantitative estimate of drug-likeness (QED) is 0.845. The lowest BCUT2D eigenvalue weighted by molar-refractivity contribution is 0.559. The van der Waals surface area contributed by atoms with Crippen molar-refractivity contribution in [3.8, 4) is 0 Å². The number of rotatable bonds is 5. The molecule has 0 radical (unpaired) electrons. The fourth-order valence-corrected chi connectivity index (χ4v) is 3.07. The standard InChI is InChI=1S/C20H28N2/c1-13(2)15-9-5-7-11-17(15)19(21)20(22)18-12-8-6-10-16(18)14(3)4/h5-14,19-20H,21-22H2,1-4H3. The van der Waals surface area contributed by atoms with Gasteiger partial charge < -0.3 is 11.5 Å². The summed E-state index contributed by atoms with van der Waals surface area (Å²) in [4.78, 5) is 0. The van der Waals surface area contributed by atoms with Crippen molar-refractivity contribution in [3.05, 3.63) is 70.8 Å². The summed E-state index contributed by atoms with van der Waals surface area (Å²) in [6, 6.07) is 16.4. The lowest BCUT2D eigenvalue weighted by Gasteiger charge is -2.27. The number of hydrogen-bond acceptors (Lipinski definition) is 2. The molecule has 0 aliphatic carbocycles. The summed E-state index contributed by atoms with van der Waals surface area (Å²) in [5, 5.41) is 0. The average Bonchev–Trinajstić information content (AvgIpc) is 2.53. The molecule has 0 amide bonds. The molecule has 0 aliphatic heterocycles. The van der Waals surface area contributed by atoms with Crippen LogP contribution in [-0.4, -0.2) is 0 Å². The van der Waals surface area contributed by atoms with E-state index in [-0.39, 0.29) is 12.1 Å². The highest BCUT2D eigenvalue weighted by Gasteiger charge is 2.23. The van der Waals surface area contributed by atoms with Gasteiger partial charge in [-0.1, -0.05) is 76.2 Å². The zero-order chi connectivity index (χ0) is 16.3. The fraction of sp³-hybridized carbons (Fsp3) is 0.400. The van der Waals surface area contributed by atoms with Crippen molar-refractivity contribution >= 4 is 0 Å². The highest BCUT2D eigenvalue weighted by Crippen LogP contribution is 2.33. The second kappa shape index (κ2) is 7.08. The molecule has 2 unspecified atom stereocenters. The van der Waals surface area contributed by atoms with Gasteiger partial charge in [-0.2, -0.15) is 0 Å². The Labute approximate surface area is 134 Å². The molecule has 4 N–H and O–H groups in total. The molecular weight excluding hydrogens is 268 g/mol. The smallest absolute Gasteiger partial charge is 0.0494 e. The van der Waals surface area contributed by atoms with Crippen LogP contribution in [0.5, 0.6) is 0 Å². The van der Waals surface area contributed by atoms with Crippen molar-refractivity contribution in [1.29, 1.82) is 0 Å². The van der Waals surface area contributed by atoms with Crippen LogP contribution in [0, 0.1) is 0 Å².